The average Bonchev–Trinajstić information content (AvgIpc) is 2.77. The molecule has 0 aliphatic carbocycles. The minimum atomic E-state index is 0.142. The monoisotopic (exact) mass is 235 g/mol. The van der Waals surface area contributed by atoms with E-state index in [0.29, 0.717) is 29.5 Å². The van der Waals surface area contributed by atoms with Crippen LogP contribution in [-0.4, -0.2) is 23.9 Å². The number of anilines is 1. The van der Waals surface area contributed by atoms with Crippen LogP contribution in [0.1, 0.15) is 6.92 Å². The summed E-state index contributed by atoms with van der Waals surface area (Å²) in [6.07, 6.45) is 0.142. The SMILES string of the molecule is CCOc1nnc(-c2cc(N)cc(OC)c2)o1. The molecule has 0 amide bonds. The average molecular weight is 235 g/mol. The van der Waals surface area contributed by atoms with Gasteiger partial charge in [-0.2, -0.15) is 0 Å². The molecule has 0 unspecified atom stereocenters. The van der Waals surface area contributed by atoms with Gasteiger partial charge in [-0.05, 0) is 19.1 Å². The number of rotatable bonds is 4. The highest BCUT2D eigenvalue weighted by Gasteiger charge is 2.10. The molecule has 2 N–H and O–H groups in total. The molecule has 0 atom stereocenters. The van der Waals surface area contributed by atoms with Crippen LogP contribution in [0.25, 0.3) is 11.5 Å². The summed E-state index contributed by atoms with van der Waals surface area (Å²) in [5, 5.41) is 7.62. The van der Waals surface area contributed by atoms with Crippen LogP contribution in [0.15, 0.2) is 22.6 Å². The van der Waals surface area contributed by atoms with Gasteiger partial charge in [-0.3, -0.25) is 0 Å². The molecule has 0 fully saturated rings. The summed E-state index contributed by atoms with van der Waals surface area (Å²) in [5.74, 6) is 0.982. The molecule has 0 saturated carbocycles. The number of aromatic nitrogens is 2. The van der Waals surface area contributed by atoms with E-state index in [0.717, 1.165) is 0 Å². The van der Waals surface area contributed by atoms with E-state index >= 15 is 0 Å². The fraction of sp³-hybridized carbons (Fsp3) is 0.273. The Hall–Kier alpha value is -2.24. The fourth-order valence-electron chi connectivity index (χ4n) is 1.37. The van der Waals surface area contributed by atoms with E-state index in [1.165, 1.54) is 0 Å². The highest BCUT2D eigenvalue weighted by Crippen LogP contribution is 2.27. The van der Waals surface area contributed by atoms with Crippen molar-refractivity contribution in [3.8, 4) is 23.3 Å². The van der Waals surface area contributed by atoms with Gasteiger partial charge in [0.25, 0.3) is 5.89 Å². The van der Waals surface area contributed by atoms with Gasteiger partial charge in [0.1, 0.15) is 5.75 Å². The Morgan fingerprint density at radius 1 is 1.29 bits per heavy atom. The number of nitrogens with two attached hydrogens (primary N) is 1. The number of hydrogen-bond donors (Lipinski definition) is 1. The molecule has 1 aromatic heterocycles. The number of hydrogen-bond acceptors (Lipinski definition) is 6. The summed E-state index contributed by atoms with van der Waals surface area (Å²) in [6, 6.07) is 5.20. The van der Waals surface area contributed by atoms with Crippen LogP contribution in [0.2, 0.25) is 0 Å². The van der Waals surface area contributed by atoms with Crippen molar-refractivity contribution in [1.29, 1.82) is 0 Å². The van der Waals surface area contributed by atoms with Crippen molar-refractivity contribution in [2.75, 3.05) is 19.5 Å². The third-order valence-electron chi connectivity index (χ3n) is 2.09. The summed E-state index contributed by atoms with van der Waals surface area (Å²) in [7, 11) is 1.57. The second-order valence-corrected chi connectivity index (χ2v) is 3.30. The van der Waals surface area contributed by atoms with Crippen LogP contribution in [0, 0.1) is 0 Å². The van der Waals surface area contributed by atoms with Gasteiger partial charge in [-0.1, -0.05) is 5.10 Å². The van der Waals surface area contributed by atoms with Crippen molar-refractivity contribution in [3.63, 3.8) is 0 Å². The number of nitrogens with zero attached hydrogens (tertiary/aromatic N) is 2. The molecular weight excluding hydrogens is 222 g/mol. The minimum absolute atomic E-state index is 0.142. The van der Waals surface area contributed by atoms with Gasteiger partial charge in [0, 0.05) is 17.3 Å². The van der Waals surface area contributed by atoms with E-state index in [4.69, 9.17) is 19.6 Å². The van der Waals surface area contributed by atoms with Gasteiger partial charge in [-0.15, -0.1) is 5.10 Å². The van der Waals surface area contributed by atoms with Crippen molar-refractivity contribution in [1.82, 2.24) is 10.2 Å². The van der Waals surface area contributed by atoms with E-state index in [9.17, 15) is 0 Å². The molecule has 0 bridgehead atoms. The van der Waals surface area contributed by atoms with Crippen LogP contribution >= 0.6 is 0 Å². The second-order valence-electron chi connectivity index (χ2n) is 3.30. The Labute approximate surface area is 98.4 Å². The lowest BCUT2D eigenvalue weighted by Gasteiger charge is -2.03. The van der Waals surface area contributed by atoms with Crippen molar-refractivity contribution in [3.05, 3.63) is 18.2 Å². The molecule has 2 aromatic rings. The van der Waals surface area contributed by atoms with Gasteiger partial charge in [-0.25, -0.2) is 0 Å². The van der Waals surface area contributed by atoms with Gasteiger partial charge in [0.2, 0.25) is 0 Å². The second kappa shape index (κ2) is 4.73. The van der Waals surface area contributed by atoms with Gasteiger partial charge in [0.15, 0.2) is 0 Å². The van der Waals surface area contributed by atoms with E-state index in [2.05, 4.69) is 10.2 Å². The van der Waals surface area contributed by atoms with Crippen molar-refractivity contribution >= 4 is 5.69 Å². The quantitative estimate of drug-likeness (QED) is 0.812. The lowest BCUT2D eigenvalue weighted by atomic mass is 10.2. The largest absolute Gasteiger partial charge is 0.497 e. The molecule has 1 aromatic carbocycles. The van der Waals surface area contributed by atoms with E-state index in [1.807, 2.05) is 6.92 Å². The highest BCUT2D eigenvalue weighted by molar-refractivity contribution is 5.63. The zero-order chi connectivity index (χ0) is 12.3. The Bertz CT molecular complexity index is 510. The summed E-state index contributed by atoms with van der Waals surface area (Å²) in [6.45, 7) is 2.31. The summed E-state index contributed by atoms with van der Waals surface area (Å²) in [5.41, 5.74) is 7.00. The molecule has 2 rings (SSSR count). The van der Waals surface area contributed by atoms with Crippen LogP contribution in [0.4, 0.5) is 5.69 Å². The van der Waals surface area contributed by atoms with Crippen molar-refractivity contribution in [2.45, 2.75) is 6.92 Å². The number of benzene rings is 1. The van der Waals surface area contributed by atoms with Crippen molar-refractivity contribution in [2.24, 2.45) is 0 Å². The normalized spacial score (nSPS) is 10.2. The van der Waals surface area contributed by atoms with Crippen LogP contribution in [-0.2, 0) is 0 Å². The van der Waals surface area contributed by atoms with E-state index in [1.54, 1.807) is 25.3 Å². The van der Waals surface area contributed by atoms with Crippen molar-refractivity contribution < 1.29 is 13.9 Å². The van der Waals surface area contributed by atoms with Crippen LogP contribution in [0.3, 0.4) is 0 Å². The summed E-state index contributed by atoms with van der Waals surface area (Å²) < 4.78 is 15.5. The van der Waals surface area contributed by atoms with Gasteiger partial charge in [0.05, 0.1) is 13.7 Å². The maximum Gasteiger partial charge on any atom is 0.414 e. The number of methoxy groups -OCH3 is 1. The Kier molecular flexibility index (Phi) is 3.13. The predicted molar refractivity (Wildman–Crippen MR) is 61.9 cm³/mol. The third kappa shape index (κ3) is 2.47. The Balaban J connectivity index is 2.34. The molecule has 0 radical (unpaired) electrons. The van der Waals surface area contributed by atoms with Gasteiger partial charge < -0.3 is 19.6 Å². The summed E-state index contributed by atoms with van der Waals surface area (Å²) >= 11 is 0. The fourth-order valence-corrected chi connectivity index (χ4v) is 1.37. The highest BCUT2D eigenvalue weighted by atomic mass is 16.6. The standard InChI is InChI=1S/C11H13N3O3/c1-3-16-11-14-13-10(17-11)7-4-8(12)6-9(5-7)15-2/h4-6H,3,12H2,1-2H3. The summed E-state index contributed by atoms with van der Waals surface area (Å²) in [4.78, 5) is 0. The number of nitrogen functional groups attached to an aromatic ring is 1. The molecule has 6 heteroatoms. The van der Waals surface area contributed by atoms with E-state index in [-0.39, 0.29) is 6.08 Å². The minimum Gasteiger partial charge on any atom is -0.497 e. The van der Waals surface area contributed by atoms with Crippen LogP contribution in [0.5, 0.6) is 11.8 Å². The molecule has 17 heavy (non-hydrogen) atoms. The molecule has 1 heterocycles. The Morgan fingerprint density at radius 3 is 2.82 bits per heavy atom. The lowest BCUT2D eigenvalue weighted by molar-refractivity contribution is 0.247. The van der Waals surface area contributed by atoms with E-state index < -0.39 is 0 Å². The first kappa shape index (κ1) is 11.3. The molecule has 0 spiro atoms. The maximum atomic E-state index is 5.74. The zero-order valence-corrected chi connectivity index (χ0v) is 9.64. The molecule has 90 valence electrons. The molecule has 6 nitrogen and oxygen atoms in total. The maximum absolute atomic E-state index is 5.74. The molecule has 0 saturated heterocycles. The lowest BCUT2D eigenvalue weighted by Crippen LogP contribution is -1.90. The predicted octanol–water partition coefficient (Wildman–Crippen LogP) is 1.73. The molecule has 0 aliphatic heterocycles. The third-order valence-corrected chi connectivity index (χ3v) is 2.09. The number of ether oxygens (including phenoxy) is 2. The zero-order valence-electron chi connectivity index (χ0n) is 9.64. The van der Waals surface area contributed by atoms with Gasteiger partial charge >= 0.3 is 6.08 Å². The first-order valence-electron chi connectivity index (χ1n) is 5.14. The smallest absolute Gasteiger partial charge is 0.414 e. The molecular formula is C11H13N3O3. The van der Waals surface area contributed by atoms with Crippen LogP contribution < -0.4 is 15.2 Å². The Morgan fingerprint density at radius 2 is 2.12 bits per heavy atom. The first-order valence-corrected chi connectivity index (χ1v) is 5.14. The first-order chi connectivity index (χ1) is 8.22. The molecule has 0 aliphatic rings. The topological polar surface area (TPSA) is 83.4 Å².